The van der Waals surface area contributed by atoms with Crippen LogP contribution < -0.4 is 16.0 Å². The second kappa shape index (κ2) is 9.29. The number of benzene rings is 2. The van der Waals surface area contributed by atoms with Crippen LogP contribution in [0.15, 0.2) is 83.5 Å². The van der Waals surface area contributed by atoms with Crippen LogP contribution in [0.4, 0.5) is 11.4 Å². The minimum absolute atomic E-state index is 0.150. The number of carbonyl (C=O) groups is 2. The Kier molecular flexibility index (Phi) is 6.33. The van der Waals surface area contributed by atoms with Crippen LogP contribution in [-0.4, -0.2) is 16.9 Å². The minimum atomic E-state index is -0.357. The molecule has 28 heavy (non-hydrogen) atoms. The average molecular weight is 391 g/mol. The van der Waals surface area contributed by atoms with Crippen molar-refractivity contribution in [2.45, 2.75) is 0 Å². The molecule has 3 N–H and O–H groups in total. The lowest BCUT2D eigenvalue weighted by atomic mass is 10.2. The Morgan fingerprint density at radius 3 is 2.36 bits per heavy atom. The van der Waals surface area contributed by atoms with E-state index in [1.165, 1.54) is 12.3 Å². The van der Waals surface area contributed by atoms with Gasteiger partial charge in [0.15, 0.2) is 10.9 Å². The number of furan rings is 1. The standard InChI is InChI=1S/C21H17N3O3S/c25-19(12-11-15-6-2-1-3-7-15)24-21(28)23-17-9-4-8-16(14-17)22-20(26)18-10-5-13-27-18/h1-14H,(H,22,26)(H2,23,24,25,28). The molecular weight excluding hydrogens is 374 g/mol. The molecular formula is C21H17N3O3S. The van der Waals surface area contributed by atoms with Crippen LogP contribution in [0, 0.1) is 0 Å². The summed E-state index contributed by atoms with van der Waals surface area (Å²) in [5.41, 5.74) is 2.09. The Morgan fingerprint density at radius 1 is 0.893 bits per heavy atom. The molecule has 7 heteroatoms. The van der Waals surface area contributed by atoms with Crippen LogP contribution in [0.2, 0.25) is 0 Å². The minimum Gasteiger partial charge on any atom is -0.459 e. The van der Waals surface area contributed by atoms with Crippen molar-refractivity contribution in [3.8, 4) is 0 Å². The second-order valence-corrected chi connectivity index (χ2v) is 6.11. The molecule has 3 rings (SSSR count). The maximum absolute atomic E-state index is 12.0. The van der Waals surface area contributed by atoms with Crippen molar-refractivity contribution in [3.63, 3.8) is 0 Å². The number of carbonyl (C=O) groups excluding carboxylic acids is 2. The summed E-state index contributed by atoms with van der Waals surface area (Å²) in [4.78, 5) is 24.0. The van der Waals surface area contributed by atoms with E-state index < -0.39 is 0 Å². The molecule has 0 saturated carbocycles. The average Bonchev–Trinajstić information content (AvgIpc) is 3.22. The molecule has 0 saturated heterocycles. The summed E-state index contributed by atoms with van der Waals surface area (Å²) in [5, 5.41) is 8.36. The summed E-state index contributed by atoms with van der Waals surface area (Å²) in [6, 6.07) is 19.6. The van der Waals surface area contributed by atoms with Crippen molar-refractivity contribution in [2.75, 3.05) is 10.6 Å². The van der Waals surface area contributed by atoms with E-state index in [1.54, 1.807) is 42.5 Å². The van der Waals surface area contributed by atoms with Crippen LogP contribution >= 0.6 is 12.2 Å². The van der Waals surface area contributed by atoms with Gasteiger partial charge in [0.1, 0.15) is 0 Å². The van der Waals surface area contributed by atoms with Crippen LogP contribution in [0.25, 0.3) is 6.08 Å². The normalized spacial score (nSPS) is 10.4. The summed E-state index contributed by atoms with van der Waals surface area (Å²) in [5.74, 6) is -0.487. The maximum atomic E-state index is 12.0. The highest BCUT2D eigenvalue weighted by Crippen LogP contribution is 2.16. The number of amides is 2. The largest absolute Gasteiger partial charge is 0.459 e. The molecule has 0 aliphatic heterocycles. The highest BCUT2D eigenvalue weighted by atomic mass is 32.1. The van der Waals surface area contributed by atoms with Gasteiger partial charge in [0, 0.05) is 17.5 Å². The third-order valence-electron chi connectivity index (χ3n) is 3.59. The Hall–Kier alpha value is -3.71. The van der Waals surface area contributed by atoms with Gasteiger partial charge < -0.3 is 15.1 Å². The van der Waals surface area contributed by atoms with Gasteiger partial charge in [-0.2, -0.15) is 0 Å². The molecule has 0 spiro atoms. The van der Waals surface area contributed by atoms with Crippen molar-refractivity contribution in [1.29, 1.82) is 0 Å². The smallest absolute Gasteiger partial charge is 0.291 e. The molecule has 3 aromatic rings. The fraction of sp³-hybridized carbons (Fsp3) is 0. The third kappa shape index (κ3) is 5.65. The van der Waals surface area contributed by atoms with Crippen molar-refractivity contribution >= 4 is 46.6 Å². The fourth-order valence-electron chi connectivity index (χ4n) is 2.33. The van der Waals surface area contributed by atoms with Crippen molar-refractivity contribution in [1.82, 2.24) is 5.32 Å². The first-order valence-electron chi connectivity index (χ1n) is 8.40. The van der Waals surface area contributed by atoms with Gasteiger partial charge in [0.05, 0.1) is 6.26 Å². The number of nitrogens with one attached hydrogen (secondary N) is 3. The lowest BCUT2D eigenvalue weighted by molar-refractivity contribution is -0.115. The lowest BCUT2D eigenvalue weighted by Gasteiger charge is -2.10. The van der Waals surface area contributed by atoms with Crippen LogP contribution in [0.5, 0.6) is 0 Å². The van der Waals surface area contributed by atoms with Gasteiger partial charge in [-0.05, 0) is 54.2 Å². The molecule has 0 radical (unpaired) electrons. The van der Waals surface area contributed by atoms with E-state index in [9.17, 15) is 9.59 Å². The monoisotopic (exact) mass is 391 g/mol. The van der Waals surface area contributed by atoms with Crippen LogP contribution in [0.3, 0.4) is 0 Å². The van der Waals surface area contributed by atoms with E-state index in [-0.39, 0.29) is 22.7 Å². The van der Waals surface area contributed by atoms with Crippen molar-refractivity contribution in [3.05, 3.63) is 90.4 Å². The molecule has 0 aliphatic rings. The first-order valence-corrected chi connectivity index (χ1v) is 8.81. The van der Waals surface area contributed by atoms with Gasteiger partial charge >= 0.3 is 0 Å². The summed E-state index contributed by atoms with van der Waals surface area (Å²) in [6.07, 6.45) is 4.53. The van der Waals surface area contributed by atoms with Gasteiger partial charge in [0.25, 0.3) is 5.91 Å². The quantitative estimate of drug-likeness (QED) is 0.451. The number of rotatable bonds is 5. The second-order valence-electron chi connectivity index (χ2n) is 5.70. The molecule has 1 heterocycles. The topological polar surface area (TPSA) is 83.4 Å². The predicted octanol–water partition coefficient (Wildman–Crippen LogP) is 4.06. The highest BCUT2D eigenvalue weighted by Gasteiger charge is 2.09. The van der Waals surface area contributed by atoms with Crippen LogP contribution in [-0.2, 0) is 4.79 Å². The van der Waals surface area contributed by atoms with E-state index in [1.807, 2.05) is 30.3 Å². The van der Waals surface area contributed by atoms with E-state index in [2.05, 4.69) is 16.0 Å². The van der Waals surface area contributed by atoms with Crippen molar-refractivity contribution < 1.29 is 14.0 Å². The Morgan fingerprint density at radius 2 is 1.64 bits per heavy atom. The van der Waals surface area contributed by atoms with Crippen molar-refractivity contribution in [2.24, 2.45) is 0 Å². The fourth-order valence-corrected chi connectivity index (χ4v) is 2.55. The van der Waals surface area contributed by atoms with E-state index >= 15 is 0 Å². The molecule has 0 unspecified atom stereocenters. The zero-order valence-corrected chi connectivity index (χ0v) is 15.5. The summed E-state index contributed by atoms with van der Waals surface area (Å²) in [7, 11) is 0. The summed E-state index contributed by atoms with van der Waals surface area (Å²) >= 11 is 5.16. The Bertz CT molecular complexity index is 999. The maximum Gasteiger partial charge on any atom is 0.291 e. The van der Waals surface area contributed by atoms with Gasteiger partial charge in [0.2, 0.25) is 5.91 Å². The number of anilines is 2. The number of thiocarbonyl (C=S) groups is 1. The zero-order chi connectivity index (χ0) is 19.8. The predicted molar refractivity (Wildman–Crippen MR) is 113 cm³/mol. The van der Waals surface area contributed by atoms with Gasteiger partial charge in [-0.15, -0.1) is 0 Å². The Labute approximate surface area is 167 Å². The van der Waals surface area contributed by atoms with Gasteiger partial charge in [-0.1, -0.05) is 36.4 Å². The van der Waals surface area contributed by atoms with E-state index in [0.717, 1.165) is 5.56 Å². The molecule has 1 aromatic heterocycles. The molecule has 0 fully saturated rings. The molecule has 0 bridgehead atoms. The lowest BCUT2D eigenvalue weighted by Crippen LogP contribution is -2.32. The number of hydrogen-bond acceptors (Lipinski definition) is 4. The molecule has 140 valence electrons. The SMILES string of the molecule is O=C(C=Cc1ccccc1)NC(=S)Nc1cccc(NC(=O)c2ccco2)c1. The molecule has 0 atom stereocenters. The third-order valence-corrected chi connectivity index (χ3v) is 3.79. The van der Waals surface area contributed by atoms with E-state index in [4.69, 9.17) is 16.6 Å². The molecule has 6 nitrogen and oxygen atoms in total. The summed E-state index contributed by atoms with van der Waals surface area (Å²) in [6.45, 7) is 0. The Balaban J connectivity index is 1.54. The zero-order valence-electron chi connectivity index (χ0n) is 14.7. The number of hydrogen-bond donors (Lipinski definition) is 3. The first-order chi connectivity index (χ1) is 13.6. The first kappa shape index (κ1) is 19.1. The molecule has 2 aromatic carbocycles. The van der Waals surface area contributed by atoms with Gasteiger partial charge in [-0.25, -0.2) is 0 Å². The molecule has 2 amide bonds. The highest BCUT2D eigenvalue weighted by molar-refractivity contribution is 7.80. The van der Waals surface area contributed by atoms with Gasteiger partial charge in [-0.3, -0.25) is 14.9 Å². The molecule has 0 aliphatic carbocycles. The van der Waals surface area contributed by atoms with Crippen LogP contribution in [0.1, 0.15) is 16.1 Å². The summed E-state index contributed by atoms with van der Waals surface area (Å²) < 4.78 is 5.06. The van der Waals surface area contributed by atoms with E-state index in [0.29, 0.717) is 11.4 Å².